The summed E-state index contributed by atoms with van der Waals surface area (Å²) in [6.07, 6.45) is 2.59. The number of ether oxygens (including phenoxy) is 1. The van der Waals surface area contributed by atoms with Crippen molar-refractivity contribution in [1.82, 2.24) is 10.6 Å². The summed E-state index contributed by atoms with van der Waals surface area (Å²) in [6.45, 7) is 4.69. The molecule has 18 heavy (non-hydrogen) atoms. The highest BCUT2D eigenvalue weighted by atomic mass is 16.5. The van der Waals surface area contributed by atoms with E-state index in [-0.39, 0.29) is 6.10 Å². The zero-order valence-electron chi connectivity index (χ0n) is 11.0. The first-order valence-corrected chi connectivity index (χ1v) is 6.41. The zero-order chi connectivity index (χ0) is 13.6. The number of amides is 2. The second-order valence-corrected chi connectivity index (χ2v) is 4.70. The first-order chi connectivity index (χ1) is 8.50. The van der Waals surface area contributed by atoms with E-state index in [9.17, 15) is 14.7 Å². The van der Waals surface area contributed by atoms with Gasteiger partial charge in [0.05, 0.1) is 6.10 Å². The predicted molar refractivity (Wildman–Crippen MR) is 66.5 cm³/mol. The van der Waals surface area contributed by atoms with E-state index < -0.39 is 17.5 Å². The van der Waals surface area contributed by atoms with Gasteiger partial charge in [-0.1, -0.05) is 12.8 Å². The van der Waals surface area contributed by atoms with E-state index in [1.54, 1.807) is 0 Å². The Bertz CT molecular complexity index is 300. The van der Waals surface area contributed by atoms with Crippen molar-refractivity contribution in [3.8, 4) is 0 Å². The van der Waals surface area contributed by atoms with Crippen LogP contribution in [-0.4, -0.2) is 41.9 Å². The van der Waals surface area contributed by atoms with E-state index in [2.05, 4.69) is 10.6 Å². The average molecular weight is 258 g/mol. The number of carboxylic acids is 1. The van der Waals surface area contributed by atoms with E-state index in [0.29, 0.717) is 26.0 Å². The Hall–Kier alpha value is -1.30. The molecule has 1 saturated carbocycles. The van der Waals surface area contributed by atoms with Crippen LogP contribution in [0.4, 0.5) is 4.79 Å². The number of hydrogen-bond donors (Lipinski definition) is 3. The highest BCUT2D eigenvalue weighted by molar-refractivity contribution is 5.86. The lowest BCUT2D eigenvalue weighted by Crippen LogP contribution is -2.56. The number of carbonyl (C=O) groups is 2. The van der Waals surface area contributed by atoms with E-state index in [1.165, 1.54) is 0 Å². The Morgan fingerprint density at radius 1 is 1.39 bits per heavy atom. The van der Waals surface area contributed by atoms with Crippen molar-refractivity contribution in [2.75, 3.05) is 13.2 Å². The van der Waals surface area contributed by atoms with Crippen LogP contribution in [0.1, 0.15) is 39.5 Å². The Kier molecular flexibility index (Phi) is 5.40. The molecule has 0 aliphatic heterocycles. The molecule has 6 heteroatoms. The molecule has 2 amide bonds. The van der Waals surface area contributed by atoms with Gasteiger partial charge in [-0.25, -0.2) is 9.59 Å². The minimum atomic E-state index is -1.08. The molecule has 1 atom stereocenters. The third-order valence-corrected chi connectivity index (χ3v) is 3.22. The van der Waals surface area contributed by atoms with Crippen molar-refractivity contribution >= 4 is 12.0 Å². The Balaban J connectivity index is 2.41. The molecule has 1 aliphatic rings. The van der Waals surface area contributed by atoms with Crippen LogP contribution in [-0.2, 0) is 9.53 Å². The van der Waals surface area contributed by atoms with Gasteiger partial charge in [0.1, 0.15) is 5.54 Å². The van der Waals surface area contributed by atoms with Gasteiger partial charge in [0.25, 0.3) is 0 Å². The van der Waals surface area contributed by atoms with Gasteiger partial charge in [-0.2, -0.15) is 0 Å². The van der Waals surface area contributed by atoms with E-state index in [1.807, 2.05) is 13.8 Å². The fourth-order valence-corrected chi connectivity index (χ4v) is 2.21. The van der Waals surface area contributed by atoms with Gasteiger partial charge in [-0.15, -0.1) is 0 Å². The molecular formula is C12H22N2O4. The number of hydrogen-bond acceptors (Lipinski definition) is 3. The molecule has 104 valence electrons. The number of rotatable bonds is 6. The highest BCUT2D eigenvalue weighted by Crippen LogP contribution is 2.29. The van der Waals surface area contributed by atoms with Crippen molar-refractivity contribution in [1.29, 1.82) is 0 Å². The summed E-state index contributed by atoms with van der Waals surface area (Å²) in [4.78, 5) is 22.9. The zero-order valence-corrected chi connectivity index (χ0v) is 11.0. The van der Waals surface area contributed by atoms with Crippen LogP contribution in [0.3, 0.4) is 0 Å². The van der Waals surface area contributed by atoms with E-state index in [0.717, 1.165) is 12.8 Å². The van der Waals surface area contributed by atoms with Crippen LogP contribution < -0.4 is 10.6 Å². The summed E-state index contributed by atoms with van der Waals surface area (Å²) < 4.78 is 5.28. The Labute approximate surface area is 107 Å². The minimum Gasteiger partial charge on any atom is -0.480 e. The maximum Gasteiger partial charge on any atom is 0.329 e. The van der Waals surface area contributed by atoms with Crippen LogP contribution in [0.25, 0.3) is 0 Å². The molecule has 0 bridgehead atoms. The molecular weight excluding hydrogens is 236 g/mol. The molecule has 1 fully saturated rings. The first kappa shape index (κ1) is 14.8. The Morgan fingerprint density at radius 2 is 2.00 bits per heavy atom. The normalized spacial score (nSPS) is 19.2. The largest absolute Gasteiger partial charge is 0.480 e. The second-order valence-electron chi connectivity index (χ2n) is 4.70. The third-order valence-electron chi connectivity index (χ3n) is 3.22. The van der Waals surface area contributed by atoms with Crippen molar-refractivity contribution < 1.29 is 19.4 Å². The molecule has 0 spiro atoms. The maximum atomic E-state index is 11.7. The molecule has 6 nitrogen and oxygen atoms in total. The lowest BCUT2D eigenvalue weighted by atomic mass is 9.98. The van der Waals surface area contributed by atoms with Gasteiger partial charge in [-0.3, -0.25) is 0 Å². The van der Waals surface area contributed by atoms with Crippen molar-refractivity contribution in [3.63, 3.8) is 0 Å². The summed E-state index contributed by atoms with van der Waals surface area (Å²) >= 11 is 0. The van der Waals surface area contributed by atoms with Crippen LogP contribution in [0.15, 0.2) is 0 Å². The van der Waals surface area contributed by atoms with Gasteiger partial charge in [-0.05, 0) is 26.7 Å². The van der Waals surface area contributed by atoms with Crippen LogP contribution in [0.5, 0.6) is 0 Å². The van der Waals surface area contributed by atoms with E-state index >= 15 is 0 Å². The van der Waals surface area contributed by atoms with Crippen LogP contribution in [0, 0.1) is 0 Å². The lowest BCUT2D eigenvalue weighted by Gasteiger charge is -2.25. The third kappa shape index (κ3) is 3.87. The molecule has 0 heterocycles. The second kappa shape index (κ2) is 6.58. The van der Waals surface area contributed by atoms with Gasteiger partial charge in [0.2, 0.25) is 0 Å². The number of carboxylic acid groups (broad SMARTS) is 1. The monoisotopic (exact) mass is 258 g/mol. The fraction of sp³-hybridized carbons (Fsp3) is 0.833. The molecule has 1 rings (SSSR count). The van der Waals surface area contributed by atoms with Gasteiger partial charge >= 0.3 is 12.0 Å². The topological polar surface area (TPSA) is 87.7 Å². The number of carbonyl (C=O) groups excluding carboxylic acids is 1. The predicted octanol–water partition coefficient (Wildman–Crippen LogP) is 1.11. The standard InChI is InChI=1S/C12H22N2O4/c1-3-18-9(2)8-13-11(17)14-12(10(15)16)6-4-5-7-12/h9H,3-8H2,1-2H3,(H,15,16)(H2,13,14,17). The van der Waals surface area contributed by atoms with Crippen molar-refractivity contribution in [2.45, 2.75) is 51.2 Å². The SMILES string of the molecule is CCOC(C)CNC(=O)NC1(C(=O)O)CCCC1. The molecule has 0 saturated heterocycles. The molecule has 0 radical (unpaired) electrons. The smallest absolute Gasteiger partial charge is 0.329 e. The average Bonchev–Trinajstić information content (AvgIpc) is 2.77. The highest BCUT2D eigenvalue weighted by Gasteiger charge is 2.42. The molecule has 1 aliphatic carbocycles. The molecule has 0 aromatic rings. The lowest BCUT2D eigenvalue weighted by molar-refractivity contribution is -0.144. The number of nitrogens with one attached hydrogen (secondary N) is 2. The summed E-state index contributed by atoms with van der Waals surface area (Å²) in [6, 6.07) is -0.439. The van der Waals surface area contributed by atoms with Gasteiger partial charge in [0, 0.05) is 13.2 Å². The van der Waals surface area contributed by atoms with E-state index in [4.69, 9.17) is 4.74 Å². The quantitative estimate of drug-likeness (QED) is 0.666. The summed E-state index contributed by atoms with van der Waals surface area (Å²) in [5.41, 5.74) is -1.08. The van der Waals surface area contributed by atoms with Gasteiger partial charge < -0.3 is 20.5 Å². The summed E-state index contributed by atoms with van der Waals surface area (Å²) in [7, 11) is 0. The van der Waals surface area contributed by atoms with Crippen LogP contribution >= 0.6 is 0 Å². The summed E-state index contributed by atoms with van der Waals surface area (Å²) in [5, 5.41) is 14.4. The molecule has 1 unspecified atom stereocenters. The fourth-order valence-electron chi connectivity index (χ4n) is 2.21. The van der Waals surface area contributed by atoms with Crippen LogP contribution in [0.2, 0.25) is 0 Å². The first-order valence-electron chi connectivity index (χ1n) is 6.41. The van der Waals surface area contributed by atoms with Crippen molar-refractivity contribution in [2.24, 2.45) is 0 Å². The summed E-state index contributed by atoms with van der Waals surface area (Å²) in [5.74, 6) is -0.951. The molecule has 0 aromatic heterocycles. The number of urea groups is 1. The number of aliphatic carboxylic acids is 1. The molecule has 3 N–H and O–H groups in total. The van der Waals surface area contributed by atoms with Crippen molar-refractivity contribution in [3.05, 3.63) is 0 Å². The minimum absolute atomic E-state index is 0.0786. The molecule has 0 aromatic carbocycles. The maximum absolute atomic E-state index is 11.7. The Morgan fingerprint density at radius 3 is 2.50 bits per heavy atom. The van der Waals surface area contributed by atoms with Gasteiger partial charge in [0.15, 0.2) is 0 Å².